The van der Waals surface area contributed by atoms with E-state index < -0.39 is 0 Å². The van der Waals surface area contributed by atoms with Gasteiger partial charge in [0.2, 0.25) is 5.91 Å². The highest BCUT2D eigenvalue weighted by atomic mass is 32.2. The molecular weight excluding hydrogens is 220 g/mol. The molecule has 0 aromatic carbocycles. The summed E-state index contributed by atoms with van der Waals surface area (Å²) in [6.07, 6.45) is 1.12. The van der Waals surface area contributed by atoms with Crippen molar-refractivity contribution in [3.8, 4) is 0 Å². The Morgan fingerprint density at radius 3 is 2.62 bits per heavy atom. The molecule has 1 amide bonds. The van der Waals surface area contributed by atoms with Gasteiger partial charge in [-0.25, -0.2) is 4.31 Å². The zero-order valence-electron chi connectivity index (χ0n) is 10.6. The summed E-state index contributed by atoms with van der Waals surface area (Å²) < 4.78 is 2.46. The Kier molecular flexibility index (Phi) is 3.23. The Morgan fingerprint density at radius 2 is 2.19 bits per heavy atom. The maximum absolute atomic E-state index is 11.8. The minimum Gasteiger partial charge on any atom is -0.354 e. The zero-order valence-corrected chi connectivity index (χ0v) is 11.4. The van der Waals surface area contributed by atoms with Crippen LogP contribution in [-0.4, -0.2) is 34.6 Å². The van der Waals surface area contributed by atoms with Crippen molar-refractivity contribution in [2.75, 3.05) is 12.3 Å². The highest BCUT2D eigenvalue weighted by Gasteiger charge is 2.52. The van der Waals surface area contributed by atoms with Crippen LogP contribution in [-0.2, 0) is 4.79 Å². The number of β-lactam (4-membered cyclic amide) rings is 1. The molecule has 2 rings (SSSR count). The molecule has 0 saturated carbocycles. The molecule has 0 bridgehead atoms. The Morgan fingerprint density at radius 1 is 1.50 bits per heavy atom. The molecule has 0 aromatic rings. The predicted octanol–water partition coefficient (Wildman–Crippen LogP) is 1.89. The smallest absolute Gasteiger partial charge is 0.229 e. The van der Waals surface area contributed by atoms with Crippen LogP contribution in [0.2, 0.25) is 0 Å². The van der Waals surface area contributed by atoms with Gasteiger partial charge in [0, 0.05) is 24.4 Å². The molecule has 0 aliphatic carbocycles. The maximum atomic E-state index is 11.8. The molecule has 92 valence electrons. The second-order valence-corrected chi connectivity index (χ2v) is 6.52. The Balaban J connectivity index is 2.15. The van der Waals surface area contributed by atoms with E-state index in [-0.39, 0.29) is 11.3 Å². The van der Waals surface area contributed by atoms with E-state index in [1.807, 2.05) is 11.9 Å². The van der Waals surface area contributed by atoms with E-state index in [2.05, 4.69) is 37.3 Å². The van der Waals surface area contributed by atoms with Gasteiger partial charge in [0.15, 0.2) is 0 Å². The van der Waals surface area contributed by atoms with Crippen molar-refractivity contribution >= 4 is 17.9 Å². The molecule has 0 radical (unpaired) electrons. The third kappa shape index (κ3) is 1.76. The zero-order chi connectivity index (χ0) is 11.9. The average molecular weight is 242 g/mol. The van der Waals surface area contributed by atoms with Crippen LogP contribution >= 0.6 is 11.9 Å². The maximum Gasteiger partial charge on any atom is 0.229 e. The molecule has 0 aromatic heterocycles. The SMILES string of the molecule is CC(C)N1SCC2(CNC2=O)C(C)CC1C. The summed E-state index contributed by atoms with van der Waals surface area (Å²) >= 11 is 1.86. The highest BCUT2D eigenvalue weighted by molar-refractivity contribution is 7.97. The van der Waals surface area contributed by atoms with E-state index in [1.54, 1.807) is 0 Å². The number of carbonyl (C=O) groups is 1. The number of nitrogens with one attached hydrogen (secondary N) is 1. The number of nitrogens with zero attached hydrogens (tertiary/aromatic N) is 1. The van der Waals surface area contributed by atoms with E-state index >= 15 is 0 Å². The minimum atomic E-state index is -0.0808. The van der Waals surface area contributed by atoms with E-state index in [0.29, 0.717) is 18.0 Å². The van der Waals surface area contributed by atoms with Crippen molar-refractivity contribution in [2.24, 2.45) is 11.3 Å². The number of amides is 1. The summed E-state index contributed by atoms with van der Waals surface area (Å²) in [4.78, 5) is 11.8. The van der Waals surface area contributed by atoms with Crippen LogP contribution < -0.4 is 5.32 Å². The first kappa shape index (κ1) is 12.2. The highest BCUT2D eigenvalue weighted by Crippen LogP contribution is 2.44. The van der Waals surface area contributed by atoms with Gasteiger partial charge in [-0.05, 0) is 33.1 Å². The van der Waals surface area contributed by atoms with Gasteiger partial charge in [0.1, 0.15) is 0 Å². The van der Waals surface area contributed by atoms with Crippen LogP contribution in [0.4, 0.5) is 0 Å². The van der Waals surface area contributed by atoms with E-state index in [4.69, 9.17) is 0 Å². The molecule has 3 nitrogen and oxygen atoms in total. The Bertz CT molecular complexity index is 295. The van der Waals surface area contributed by atoms with Gasteiger partial charge in [0.05, 0.1) is 5.41 Å². The van der Waals surface area contributed by atoms with Crippen LogP contribution in [0.25, 0.3) is 0 Å². The van der Waals surface area contributed by atoms with Gasteiger partial charge in [0.25, 0.3) is 0 Å². The second kappa shape index (κ2) is 4.22. The first-order chi connectivity index (χ1) is 7.47. The largest absolute Gasteiger partial charge is 0.354 e. The molecule has 2 saturated heterocycles. The van der Waals surface area contributed by atoms with Crippen molar-refractivity contribution in [3.05, 3.63) is 0 Å². The molecule has 2 fully saturated rings. The number of rotatable bonds is 1. The molecule has 2 aliphatic heterocycles. The summed E-state index contributed by atoms with van der Waals surface area (Å²) in [6.45, 7) is 9.84. The van der Waals surface area contributed by atoms with Crippen molar-refractivity contribution < 1.29 is 4.79 Å². The minimum absolute atomic E-state index is 0.0808. The van der Waals surface area contributed by atoms with Gasteiger partial charge in [-0.15, -0.1) is 0 Å². The molecule has 1 spiro atoms. The lowest BCUT2D eigenvalue weighted by Gasteiger charge is -2.44. The van der Waals surface area contributed by atoms with E-state index in [9.17, 15) is 4.79 Å². The first-order valence-corrected chi connectivity index (χ1v) is 7.11. The van der Waals surface area contributed by atoms with Gasteiger partial charge in [-0.2, -0.15) is 0 Å². The molecule has 4 heteroatoms. The molecule has 2 heterocycles. The molecular formula is C12H22N2OS. The first-order valence-electron chi connectivity index (χ1n) is 6.17. The normalized spacial score (nSPS) is 40.7. The summed E-state index contributed by atoms with van der Waals surface area (Å²) in [7, 11) is 0. The third-order valence-corrected chi connectivity index (χ3v) is 5.79. The lowest BCUT2D eigenvalue weighted by atomic mass is 9.70. The van der Waals surface area contributed by atoms with Crippen LogP contribution in [0.15, 0.2) is 0 Å². The summed E-state index contributed by atoms with van der Waals surface area (Å²) in [5.74, 6) is 1.71. The summed E-state index contributed by atoms with van der Waals surface area (Å²) in [5.41, 5.74) is -0.0808. The fourth-order valence-corrected chi connectivity index (χ4v) is 4.40. The number of carbonyl (C=O) groups excluding carboxylic acids is 1. The van der Waals surface area contributed by atoms with Crippen LogP contribution in [0.3, 0.4) is 0 Å². The average Bonchev–Trinajstić information content (AvgIpc) is 2.33. The molecule has 16 heavy (non-hydrogen) atoms. The molecule has 3 atom stereocenters. The van der Waals surface area contributed by atoms with Gasteiger partial charge < -0.3 is 5.32 Å². The van der Waals surface area contributed by atoms with Crippen LogP contribution in [0.5, 0.6) is 0 Å². The van der Waals surface area contributed by atoms with Crippen molar-refractivity contribution in [2.45, 2.75) is 46.2 Å². The lowest BCUT2D eigenvalue weighted by molar-refractivity contribution is -0.142. The Hall–Kier alpha value is -0.220. The van der Waals surface area contributed by atoms with Crippen molar-refractivity contribution in [1.29, 1.82) is 0 Å². The predicted molar refractivity (Wildman–Crippen MR) is 68.1 cm³/mol. The van der Waals surface area contributed by atoms with E-state index in [1.165, 1.54) is 0 Å². The summed E-state index contributed by atoms with van der Waals surface area (Å²) in [5, 5.41) is 2.92. The fourth-order valence-electron chi connectivity index (χ4n) is 2.86. The molecule has 1 N–H and O–H groups in total. The Labute approximate surface area is 102 Å². The van der Waals surface area contributed by atoms with Crippen LogP contribution in [0.1, 0.15) is 34.1 Å². The second-order valence-electron chi connectivity index (χ2n) is 5.55. The monoisotopic (exact) mass is 242 g/mol. The van der Waals surface area contributed by atoms with E-state index in [0.717, 1.165) is 18.7 Å². The lowest BCUT2D eigenvalue weighted by Crippen LogP contribution is -2.63. The van der Waals surface area contributed by atoms with Gasteiger partial charge >= 0.3 is 0 Å². The van der Waals surface area contributed by atoms with Crippen molar-refractivity contribution in [3.63, 3.8) is 0 Å². The van der Waals surface area contributed by atoms with Gasteiger partial charge in [-0.3, -0.25) is 4.79 Å². The molecule has 2 aliphatic rings. The standard InChI is InChI=1S/C12H22N2OS/c1-8(2)14-10(4)5-9(3)12(7-16-14)6-13-11(12)15/h8-10H,5-7H2,1-4H3,(H,13,15). The summed E-state index contributed by atoms with van der Waals surface area (Å²) in [6, 6.07) is 1.11. The molecule has 3 unspecified atom stereocenters. The third-order valence-electron chi connectivity index (χ3n) is 4.07. The number of hydrogen-bond donors (Lipinski definition) is 1. The quantitative estimate of drug-likeness (QED) is 0.563. The van der Waals surface area contributed by atoms with Crippen LogP contribution in [0, 0.1) is 11.3 Å². The van der Waals surface area contributed by atoms with Gasteiger partial charge in [-0.1, -0.05) is 18.9 Å². The topological polar surface area (TPSA) is 32.3 Å². The fraction of sp³-hybridized carbons (Fsp3) is 0.917. The van der Waals surface area contributed by atoms with Crippen molar-refractivity contribution in [1.82, 2.24) is 9.62 Å². The number of hydrogen-bond acceptors (Lipinski definition) is 3.